The van der Waals surface area contributed by atoms with Crippen LogP contribution in [0.2, 0.25) is 0 Å². The van der Waals surface area contributed by atoms with Gasteiger partial charge in [-0.25, -0.2) is 8.42 Å². The average Bonchev–Trinajstić information content (AvgIpc) is 2.00. The quantitative estimate of drug-likeness (QED) is 0.421. The molecule has 0 aromatic heterocycles. The molecule has 0 bridgehead atoms. The van der Waals surface area contributed by atoms with Crippen molar-refractivity contribution in [3.05, 3.63) is 0 Å². The summed E-state index contributed by atoms with van der Waals surface area (Å²) in [5, 5.41) is 0. The van der Waals surface area contributed by atoms with Gasteiger partial charge in [0.15, 0.2) is 0 Å². The number of hydrogen-bond acceptors (Lipinski definition) is 3. The van der Waals surface area contributed by atoms with Crippen LogP contribution in [0, 0.1) is 0 Å². The molecule has 1 unspecified atom stereocenters. The highest BCUT2D eigenvalue weighted by molar-refractivity contribution is 7.79. The Bertz CT molecular complexity index is 266. The summed E-state index contributed by atoms with van der Waals surface area (Å²) in [7, 11) is -0.180. The fraction of sp³-hybridized carbons (Fsp3) is 1.00. The van der Waals surface area contributed by atoms with E-state index in [4.69, 9.17) is 17.5 Å². The standard InChI is InChI=1S/C9H20N.H2O4S/c1-4-9-7-5-6-8-10(9,2)3;1-5(2,3)4/h9H,4-8H2,1-3H3;(H2,1,2,3,4)/q+1;/p-1. The third-order valence-corrected chi connectivity index (χ3v) is 2.98. The van der Waals surface area contributed by atoms with Crippen LogP contribution in [0.4, 0.5) is 0 Å². The van der Waals surface area contributed by atoms with E-state index in [0.29, 0.717) is 0 Å². The summed E-state index contributed by atoms with van der Waals surface area (Å²) in [5.41, 5.74) is 0. The van der Waals surface area contributed by atoms with Crippen LogP contribution in [0.3, 0.4) is 0 Å². The maximum absolute atomic E-state index is 8.63. The van der Waals surface area contributed by atoms with Gasteiger partial charge in [0.05, 0.1) is 26.7 Å². The molecule has 1 aliphatic heterocycles. The van der Waals surface area contributed by atoms with Gasteiger partial charge in [0.2, 0.25) is 10.4 Å². The minimum absolute atomic E-state index is 0.939. The Labute approximate surface area is 92.3 Å². The molecule has 1 N–H and O–H groups in total. The molecule has 1 saturated heterocycles. The molecule has 92 valence electrons. The zero-order valence-electron chi connectivity index (χ0n) is 9.64. The summed E-state index contributed by atoms with van der Waals surface area (Å²) in [4.78, 5) is 0. The normalized spacial score (nSPS) is 25.3. The second-order valence-electron chi connectivity index (χ2n) is 4.49. The molecule has 0 spiro atoms. The van der Waals surface area contributed by atoms with Gasteiger partial charge in [0, 0.05) is 0 Å². The number of rotatable bonds is 1. The van der Waals surface area contributed by atoms with Crippen LogP contribution < -0.4 is 0 Å². The molecule has 1 rings (SSSR count). The van der Waals surface area contributed by atoms with Gasteiger partial charge in [0.25, 0.3) is 0 Å². The Hall–Kier alpha value is -0.170. The largest absolute Gasteiger partial charge is 0.726 e. The van der Waals surface area contributed by atoms with Gasteiger partial charge >= 0.3 is 0 Å². The molecular weight excluding hydrogens is 218 g/mol. The smallest absolute Gasteiger partial charge is 0.215 e. The lowest BCUT2D eigenvalue weighted by atomic mass is 9.98. The van der Waals surface area contributed by atoms with Crippen LogP contribution in [0.15, 0.2) is 0 Å². The van der Waals surface area contributed by atoms with Crippen molar-refractivity contribution in [1.82, 2.24) is 0 Å². The van der Waals surface area contributed by atoms with E-state index in [1.165, 1.54) is 36.7 Å². The van der Waals surface area contributed by atoms with Crippen LogP contribution >= 0.6 is 0 Å². The summed E-state index contributed by atoms with van der Waals surface area (Å²) in [6, 6.07) is 0.939. The predicted octanol–water partition coefficient (Wildman–Crippen LogP) is 1.03. The number of likely N-dealkylation sites (tertiary alicyclic amines) is 1. The fourth-order valence-corrected chi connectivity index (χ4v) is 2.13. The molecule has 15 heavy (non-hydrogen) atoms. The molecule has 1 heterocycles. The lowest BCUT2D eigenvalue weighted by Crippen LogP contribution is -2.51. The number of quaternary nitrogens is 1. The van der Waals surface area contributed by atoms with E-state index in [-0.39, 0.29) is 0 Å². The summed E-state index contributed by atoms with van der Waals surface area (Å²) >= 11 is 0. The Kier molecular flexibility index (Phi) is 5.72. The Balaban J connectivity index is 0.000000336. The van der Waals surface area contributed by atoms with Gasteiger partial charge in [0.1, 0.15) is 0 Å². The molecule has 0 amide bonds. The summed E-state index contributed by atoms with van der Waals surface area (Å²) in [6.45, 7) is 3.70. The zero-order valence-corrected chi connectivity index (χ0v) is 10.5. The molecule has 0 radical (unpaired) electrons. The molecule has 0 aromatic carbocycles. The van der Waals surface area contributed by atoms with Crippen LogP contribution in [-0.4, -0.2) is 48.7 Å². The van der Waals surface area contributed by atoms with E-state index < -0.39 is 10.4 Å². The number of hydrogen-bond donors (Lipinski definition) is 1. The summed E-state index contributed by atoms with van der Waals surface area (Å²) < 4.78 is 34.1. The van der Waals surface area contributed by atoms with Gasteiger partial charge in [-0.15, -0.1) is 0 Å². The van der Waals surface area contributed by atoms with Gasteiger partial charge < -0.3 is 9.04 Å². The molecule has 0 saturated carbocycles. The molecule has 6 heteroatoms. The van der Waals surface area contributed by atoms with E-state index in [1.54, 1.807) is 0 Å². The van der Waals surface area contributed by atoms with E-state index in [9.17, 15) is 0 Å². The Morgan fingerprint density at radius 2 is 1.87 bits per heavy atom. The lowest BCUT2D eigenvalue weighted by Gasteiger charge is -2.41. The minimum Gasteiger partial charge on any atom is -0.726 e. The zero-order chi connectivity index (χ0) is 12.1. The average molecular weight is 239 g/mol. The SMILES string of the molecule is CCC1CCCC[N+]1(C)C.O=S(=O)([O-])O. The first kappa shape index (κ1) is 14.8. The van der Waals surface area contributed by atoms with Crippen LogP contribution in [0.25, 0.3) is 0 Å². The first-order chi connectivity index (χ1) is 6.67. The third kappa shape index (κ3) is 7.72. The molecule has 1 fully saturated rings. The number of nitrogens with zero attached hydrogens (tertiary/aromatic N) is 1. The Morgan fingerprint density at radius 1 is 1.40 bits per heavy atom. The molecule has 1 aliphatic rings. The third-order valence-electron chi connectivity index (χ3n) is 2.98. The maximum Gasteiger partial charge on any atom is 0.215 e. The van der Waals surface area contributed by atoms with Gasteiger partial charge in [-0.3, -0.25) is 4.55 Å². The maximum atomic E-state index is 8.63. The summed E-state index contributed by atoms with van der Waals surface area (Å²) in [5.74, 6) is 0. The van der Waals surface area contributed by atoms with E-state index >= 15 is 0 Å². The monoisotopic (exact) mass is 239 g/mol. The van der Waals surface area contributed by atoms with Gasteiger partial charge in [-0.1, -0.05) is 6.92 Å². The molecular formula is C9H21NO4S. The van der Waals surface area contributed by atoms with E-state index in [1.807, 2.05) is 0 Å². The molecule has 1 atom stereocenters. The van der Waals surface area contributed by atoms with Gasteiger partial charge in [-0.05, 0) is 25.7 Å². The fourth-order valence-electron chi connectivity index (χ4n) is 2.13. The topological polar surface area (TPSA) is 77.4 Å². The lowest BCUT2D eigenvalue weighted by molar-refractivity contribution is -0.920. The van der Waals surface area contributed by atoms with Crippen molar-refractivity contribution in [3.63, 3.8) is 0 Å². The van der Waals surface area contributed by atoms with E-state index in [2.05, 4.69) is 21.0 Å². The second kappa shape index (κ2) is 5.79. The van der Waals surface area contributed by atoms with Crippen LogP contribution in [0.1, 0.15) is 32.6 Å². The molecule has 0 aliphatic carbocycles. The van der Waals surface area contributed by atoms with Gasteiger partial charge in [-0.2, -0.15) is 0 Å². The predicted molar refractivity (Wildman–Crippen MR) is 57.2 cm³/mol. The van der Waals surface area contributed by atoms with Crippen LogP contribution in [-0.2, 0) is 10.4 Å². The highest BCUT2D eigenvalue weighted by Crippen LogP contribution is 2.23. The van der Waals surface area contributed by atoms with E-state index in [0.717, 1.165) is 6.04 Å². The minimum atomic E-state index is -4.92. The van der Waals surface area contributed by atoms with Crippen molar-refractivity contribution in [1.29, 1.82) is 0 Å². The van der Waals surface area contributed by atoms with Crippen molar-refractivity contribution in [3.8, 4) is 0 Å². The molecule has 0 aromatic rings. The first-order valence-electron chi connectivity index (χ1n) is 5.18. The number of piperidine rings is 1. The second-order valence-corrected chi connectivity index (χ2v) is 5.34. The highest BCUT2D eigenvalue weighted by atomic mass is 32.3. The Morgan fingerprint density at radius 3 is 2.13 bits per heavy atom. The highest BCUT2D eigenvalue weighted by Gasteiger charge is 2.29. The van der Waals surface area contributed by atoms with Crippen molar-refractivity contribution in [2.75, 3.05) is 20.6 Å². The first-order valence-corrected chi connectivity index (χ1v) is 6.54. The van der Waals surface area contributed by atoms with Crippen molar-refractivity contribution >= 4 is 10.4 Å². The van der Waals surface area contributed by atoms with Crippen molar-refractivity contribution in [2.24, 2.45) is 0 Å². The molecule has 5 nitrogen and oxygen atoms in total. The van der Waals surface area contributed by atoms with Crippen LogP contribution in [0.5, 0.6) is 0 Å². The van der Waals surface area contributed by atoms with Crippen molar-refractivity contribution in [2.45, 2.75) is 38.6 Å². The summed E-state index contributed by atoms with van der Waals surface area (Å²) in [6.07, 6.45) is 5.69. The van der Waals surface area contributed by atoms with Crippen molar-refractivity contribution < 1.29 is 22.0 Å².